The Hall–Kier alpha value is -0.340. The molecule has 3 rings (SSSR count). The number of hydrogen-bond acceptors (Lipinski definition) is 3. The first-order valence-corrected chi connectivity index (χ1v) is 10.8. The third-order valence-electron chi connectivity index (χ3n) is 6.19. The Morgan fingerprint density at radius 1 is 1.19 bits per heavy atom. The Morgan fingerprint density at radius 2 is 1.96 bits per heavy atom. The summed E-state index contributed by atoms with van der Waals surface area (Å²) in [5.74, 6) is 1.92. The van der Waals surface area contributed by atoms with Crippen LogP contribution in [0.4, 0.5) is 0 Å². The zero-order valence-electron chi connectivity index (χ0n) is 17.0. The van der Waals surface area contributed by atoms with Crippen LogP contribution in [-0.4, -0.2) is 63.3 Å². The number of guanidine groups is 1. The molecule has 0 spiro atoms. The van der Waals surface area contributed by atoms with Gasteiger partial charge < -0.3 is 20.3 Å². The van der Waals surface area contributed by atoms with E-state index in [1.807, 2.05) is 7.05 Å². The van der Waals surface area contributed by atoms with E-state index < -0.39 is 0 Å². The van der Waals surface area contributed by atoms with Crippen LogP contribution in [0.2, 0.25) is 0 Å². The highest BCUT2D eigenvalue weighted by Gasteiger charge is 2.23. The smallest absolute Gasteiger partial charge is 0.191 e. The predicted molar refractivity (Wildman–Crippen MR) is 124 cm³/mol. The van der Waals surface area contributed by atoms with E-state index in [9.17, 15) is 0 Å². The molecular weight excluding hydrogens is 451 g/mol. The van der Waals surface area contributed by atoms with Gasteiger partial charge in [0.2, 0.25) is 0 Å². The molecule has 0 bridgehead atoms. The Bertz CT molecular complexity index is 469. The summed E-state index contributed by atoms with van der Waals surface area (Å²) in [6.07, 6.45) is 14.1. The van der Waals surface area contributed by atoms with Gasteiger partial charge in [0.05, 0.1) is 13.2 Å². The quantitative estimate of drug-likeness (QED) is 0.259. The summed E-state index contributed by atoms with van der Waals surface area (Å²) in [7, 11) is 1.88. The van der Waals surface area contributed by atoms with Crippen LogP contribution in [0.1, 0.15) is 57.8 Å². The molecule has 2 N–H and O–H groups in total. The average molecular weight is 490 g/mol. The van der Waals surface area contributed by atoms with E-state index >= 15 is 0 Å². The zero-order chi connectivity index (χ0) is 18.0. The fraction of sp³-hybridized carbons (Fsp3) is 0.857. The van der Waals surface area contributed by atoms with Crippen molar-refractivity contribution in [2.24, 2.45) is 10.9 Å². The molecular formula is C21H39IN4O. The van der Waals surface area contributed by atoms with Crippen molar-refractivity contribution in [2.45, 2.75) is 63.8 Å². The summed E-state index contributed by atoms with van der Waals surface area (Å²) in [4.78, 5) is 7.11. The van der Waals surface area contributed by atoms with Gasteiger partial charge in [-0.15, -0.1) is 24.0 Å². The lowest BCUT2D eigenvalue weighted by molar-refractivity contribution is 0.153. The van der Waals surface area contributed by atoms with Gasteiger partial charge in [0.1, 0.15) is 0 Å². The summed E-state index contributed by atoms with van der Waals surface area (Å²) in [5.41, 5.74) is 1.51. The van der Waals surface area contributed by atoms with Crippen LogP contribution in [0, 0.1) is 5.92 Å². The highest BCUT2D eigenvalue weighted by Crippen LogP contribution is 2.25. The number of hydrogen-bond donors (Lipinski definition) is 2. The van der Waals surface area contributed by atoms with Crippen molar-refractivity contribution in [3.05, 3.63) is 11.6 Å². The van der Waals surface area contributed by atoms with Crippen molar-refractivity contribution >= 4 is 29.9 Å². The number of aliphatic imine (C=N–C) groups is 1. The van der Waals surface area contributed by atoms with Crippen molar-refractivity contribution < 1.29 is 4.74 Å². The molecule has 1 saturated carbocycles. The third-order valence-corrected chi connectivity index (χ3v) is 6.19. The van der Waals surface area contributed by atoms with Crippen LogP contribution in [0.5, 0.6) is 0 Å². The summed E-state index contributed by atoms with van der Waals surface area (Å²) >= 11 is 0. The molecule has 156 valence electrons. The molecule has 2 fully saturated rings. The first kappa shape index (κ1) is 22.9. The molecule has 1 saturated heterocycles. The summed E-state index contributed by atoms with van der Waals surface area (Å²) < 4.78 is 5.37. The predicted octanol–water partition coefficient (Wildman–Crippen LogP) is 3.55. The van der Waals surface area contributed by atoms with Crippen LogP contribution in [0.25, 0.3) is 0 Å². The van der Waals surface area contributed by atoms with E-state index in [0.717, 1.165) is 44.5 Å². The molecule has 0 unspecified atom stereocenters. The number of ether oxygens (including phenoxy) is 1. The normalized spacial score (nSPS) is 23.4. The topological polar surface area (TPSA) is 48.9 Å². The Balaban J connectivity index is 0.00000261. The molecule has 0 atom stereocenters. The number of nitrogens with one attached hydrogen (secondary N) is 2. The number of nitrogens with zero attached hydrogens (tertiary/aromatic N) is 2. The van der Waals surface area contributed by atoms with Crippen molar-refractivity contribution in [3.63, 3.8) is 0 Å². The Labute approximate surface area is 182 Å². The highest BCUT2D eigenvalue weighted by molar-refractivity contribution is 14.0. The summed E-state index contributed by atoms with van der Waals surface area (Å²) in [6, 6.07) is 0.561. The zero-order valence-corrected chi connectivity index (χ0v) is 19.4. The largest absolute Gasteiger partial charge is 0.377 e. The third kappa shape index (κ3) is 8.28. The Morgan fingerprint density at radius 3 is 2.63 bits per heavy atom. The molecule has 2 aliphatic heterocycles. The van der Waals surface area contributed by atoms with Crippen molar-refractivity contribution in [3.8, 4) is 0 Å². The SMILES string of the molecule is CN=C(NCCC1=CCOCC1)NC1CCN(CC2CCCCC2)CC1.I. The van der Waals surface area contributed by atoms with Gasteiger partial charge >= 0.3 is 0 Å². The molecule has 3 aliphatic rings. The van der Waals surface area contributed by atoms with Gasteiger partial charge in [0, 0.05) is 39.3 Å². The Kier molecular flexibility index (Phi) is 11.0. The van der Waals surface area contributed by atoms with Gasteiger partial charge in [0.25, 0.3) is 0 Å². The molecule has 2 heterocycles. The molecule has 0 aromatic heterocycles. The van der Waals surface area contributed by atoms with Crippen molar-refractivity contribution in [2.75, 3.05) is 46.4 Å². The maximum absolute atomic E-state index is 5.37. The standard InChI is InChI=1S/C21H38N4O.HI/c1-22-21(23-12-7-18-10-15-26-16-11-18)24-20-8-13-25(14-9-20)17-19-5-3-2-4-6-19;/h10,19-20H,2-9,11-17H2,1H3,(H2,22,23,24);1H. The first-order valence-electron chi connectivity index (χ1n) is 10.8. The molecule has 0 radical (unpaired) electrons. The molecule has 0 aromatic carbocycles. The lowest BCUT2D eigenvalue weighted by atomic mass is 9.88. The van der Waals surface area contributed by atoms with Crippen LogP contribution in [0.15, 0.2) is 16.6 Å². The van der Waals surface area contributed by atoms with Crippen LogP contribution < -0.4 is 10.6 Å². The fourth-order valence-corrected chi connectivity index (χ4v) is 4.52. The minimum atomic E-state index is 0. The second kappa shape index (κ2) is 13.0. The number of halogens is 1. The van der Waals surface area contributed by atoms with Crippen LogP contribution in [0.3, 0.4) is 0 Å². The van der Waals surface area contributed by atoms with Gasteiger partial charge in [-0.3, -0.25) is 4.99 Å². The highest BCUT2D eigenvalue weighted by atomic mass is 127. The van der Waals surface area contributed by atoms with Gasteiger partial charge in [0.15, 0.2) is 5.96 Å². The molecule has 5 nitrogen and oxygen atoms in total. The van der Waals surface area contributed by atoms with Gasteiger partial charge in [-0.2, -0.15) is 0 Å². The minimum absolute atomic E-state index is 0. The van der Waals surface area contributed by atoms with Crippen molar-refractivity contribution in [1.82, 2.24) is 15.5 Å². The maximum Gasteiger partial charge on any atom is 0.191 e. The first-order chi connectivity index (χ1) is 12.8. The van der Waals surface area contributed by atoms with Gasteiger partial charge in [-0.1, -0.05) is 30.9 Å². The van der Waals surface area contributed by atoms with E-state index in [1.165, 1.54) is 70.2 Å². The number of piperidine rings is 1. The molecule has 0 amide bonds. The lowest BCUT2D eigenvalue weighted by Crippen LogP contribution is -2.49. The van der Waals surface area contributed by atoms with E-state index in [1.54, 1.807) is 0 Å². The van der Waals surface area contributed by atoms with E-state index in [4.69, 9.17) is 4.74 Å². The summed E-state index contributed by atoms with van der Waals surface area (Å²) in [6.45, 7) is 6.40. The van der Waals surface area contributed by atoms with Crippen LogP contribution in [-0.2, 0) is 4.74 Å². The number of rotatable bonds is 6. The van der Waals surface area contributed by atoms with Gasteiger partial charge in [-0.25, -0.2) is 0 Å². The number of likely N-dealkylation sites (tertiary alicyclic amines) is 1. The second-order valence-corrected chi connectivity index (χ2v) is 8.16. The van der Waals surface area contributed by atoms with E-state index in [0.29, 0.717) is 6.04 Å². The van der Waals surface area contributed by atoms with Crippen molar-refractivity contribution in [1.29, 1.82) is 0 Å². The average Bonchev–Trinajstić information content (AvgIpc) is 2.70. The van der Waals surface area contributed by atoms with Crippen LogP contribution >= 0.6 is 24.0 Å². The molecule has 0 aromatic rings. The summed E-state index contributed by atoms with van der Waals surface area (Å²) in [5, 5.41) is 7.12. The molecule has 1 aliphatic carbocycles. The fourth-order valence-electron chi connectivity index (χ4n) is 4.52. The maximum atomic E-state index is 5.37. The monoisotopic (exact) mass is 490 g/mol. The minimum Gasteiger partial charge on any atom is -0.377 e. The second-order valence-electron chi connectivity index (χ2n) is 8.16. The van der Waals surface area contributed by atoms with Gasteiger partial charge in [-0.05, 0) is 44.4 Å². The van der Waals surface area contributed by atoms with E-state index in [-0.39, 0.29) is 24.0 Å². The van der Waals surface area contributed by atoms with E-state index in [2.05, 4.69) is 26.6 Å². The molecule has 6 heteroatoms. The molecule has 27 heavy (non-hydrogen) atoms. The lowest BCUT2D eigenvalue weighted by Gasteiger charge is -2.36.